The number of amides is 1. The Morgan fingerprint density at radius 2 is 1.64 bits per heavy atom. The van der Waals surface area contributed by atoms with Crippen LogP contribution < -0.4 is 4.90 Å². The zero-order chi connectivity index (χ0) is 23.3. The number of morpholine rings is 1. The van der Waals surface area contributed by atoms with Crippen LogP contribution in [0.25, 0.3) is 0 Å². The van der Waals surface area contributed by atoms with E-state index in [0.29, 0.717) is 52.5 Å². The van der Waals surface area contributed by atoms with Gasteiger partial charge in [-0.1, -0.05) is 6.07 Å². The standard InChI is InChI=1S/C22H26N4O6S/c27-21(25-11-9-24(10-12-25)20-3-1-2-8-23-20)17-32-22(28)18-4-6-19(7-5-18)33(29,30)26-13-15-31-16-14-26/h1-8H,9-17H2. The van der Waals surface area contributed by atoms with Gasteiger partial charge >= 0.3 is 5.97 Å². The highest BCUT2D eigenvalue weighted by molar-refractivity contribution is 7.89. The Morgan fingerprint density at radius 3 is 2.27 bits per heavy atom. The van der Waals surface area contributed by atoms with E-state index in [9.17, 15) is 18.0 Å². The van der Waals surface area contributed by atoms with E-state index in [2.05, 4.69) is 9.88 Å². The summed E-state index contributed by atoms with van der Waals surface area (Å²) in [6.45, 7) is 3.27. The largest absolute Gasteiger partial charge is 0.452 e. The summed E-state index contributed by atoms with van der Waals surface area (Å²) in [5.41, 5.74) is 0.184. The van der Waals surface area contributed by atoms with Gasteiger partial charge in [0, 0.05) is 45.5 Å². The van der Waals surface area contributed by atoms with Gasteiger partial charge in [0.25, 0.3) is 5.91 Å². The molecule has 0 saturated carbocycles. The number of anilines is 1. The Morgan fingerprint density at radius 1 is 0.939 bits per heavy atom. The number of nitrogens with zero attached hydrogens (tertiary/aromatic N) is 4. The van der Waals surface area contributed by atoms with Crippen molar-refractivity contribution in [3.63, 3.8) is 0 Å². The fourth-order valence-corrected chi connectivity index (χ4v) is 5.13. The molecule has 33 heavy (non-hydrogen) atoms. The molecule has 2 aliphatic heterocycles. The van der Waals surface area contributed by atoms with Crippen LogP contribution in [0, 0.1) is 0 Å². The van der Waals surface area contributed by atoms with Crippen LogP contribution in [0.2, 0.25) is 0 Å². The smallest absolute Gasteiger partial charge is 0.338 e. The van der Waals surface area contributed by atoms with Crippen molar-refractivity contribution >= 4 is 27.7 Å². The fourth-order valence-electron chi connectivity index (χ4n) is 3.73. The number of hydrogen-bond donors (Lipinski definition) is 0. The fraction of sp³-hybridized carbons (Fsp3) is 0.409. The van der Waals surface area contributed by atoms with Crippen molar-refractivity contribution in [1.82, 2.24) is 14.2 Å². The molecule has 0 bridgehead atoms. The lowest BCUT2D eigenvalue weighted by atomic mass is 10.2. The average molecular weight is 475 g/mol. The third-order valence-corrected chi connectivity index (χ3v) is 7.54. The average Bonchev–Trinajstić information content (AvgIpc) is 2.88. The first-order chi connectivity index (χ1) is 15.9. The van der Waals surface area contributed by atoms with Gasteiger partial charge in [0.05, 0.1) is 23.7 Å². The van der Waals surface area contributed by atoms with Crippen molar-refractivity contribution in [3.8, 4) is 0 Å². The van der Waals surface area contributed by atoms with E-state index in [1.807, 2.05) is 18.2 Å². The molecule has 3 heterocycles. The van der Waals surface area contributed by atoms with Crippen LogP contribution in [0.3, 0.4) is 0 Å². The second kappa shape index (κ2) is 10.3. The van der Waals surface area contributed by atoms with E-state index in [0.717, 1.165) is 5.82 Å². The van der Waals surface area contributed by atoms with Gasteiger partial charge in [0.1, 0.15) is 5.82 Å². The van der Waals surface area contributed by atoms with Crippen LogP contribution >= 0.6 is 0 Å². The Labute approximate surface area is 192 Å². The third kappa shape index (κ3) is 5.49. The first-order valence-corrected chi connectivity index (χ1v) is 12.2. The molecule has 0 spiro atoms. The molecule has 11 heteroatoms. The van der Waals surface area contributed by atoms with Gasteiger partial charge in [-0.25, -0.2) is 18.2 Å². The highest BCUT2D eigenvalue weighted by Crippen LogP contribution is 2.18. The quantitative estimate of drug-likeness (QED) is 0.560. The molecule has 1 amide bonds. The van der Waals surface area contributed by atoms with Gasteiger partial charge in [-0.15, -0.1) is 0 Å². The maximum Gasteiger partial charge on any atom is 0.338 e. The number of benzene rings is 1. The van der Waals surface area contributed by atoms with Crippen LogP contribution in [-0.2, 0) is 24.3 Å². The molecule has 2 saturated heterocycles. The monoisotopic (exact) mass is 474 g/mol. The Kier molecular flexibility index (Phi) is 7.21. The highest BCUT2D eigenvalue weighted by atomic mass is 32.2. The number of carbonyl (C=O) groups is 2. The summed E-state index contributed by atoms with van der Waals surface area (Å²) < 4.78 is 37.1. The Balaban J connectivity index is 1.27. The van der Waals surface area contributed by atoms with E-state index in [4.69, 9.17) is 9.47 Å². The van der Waals surface area contributed by atoms with Crippen LogP contribution in [0.4, 0.5) is 5.82 Å². The summed E-state index contributed by atoms with van der Waals surface area (Å²) in [4.78, 5) is 33.0. The molecule has 0 N–H and O–H groups in total. The van der Waals surface area contributed by atoms with E-state index in [1.165, 1.54) is 28.6 Å². The predicted molar refractivity (Wildman–Crippen MR) is 119 cm³/mol. The number of rotatable bonds is 6. The van der Waals surface area contributed by atoms with Crippen LogP contribution in [-0.4, -0.2) is 93.6 Å². The molecule has 2 fully saturated rings. The number of ether oxygens (including phenoxy) is 2. The molecule has 4 rings (SSSR count). The van der Waals surface area contributed by atoms with E-state index >= 15 is 0 Å². The molecule has 10 nitrogen and oxygen atoms in total. The molecule has 0 radical (unpaired) electrons. The van der Waals surface area contributed by atoms with Gasteiger partial charge < -0.3 is 19.3 Å². The molecule has 2 aliphatic rings. The van der Waals surface area contributed by atoms with Crippen LogP contribution in [0.1, 0.15) is 10.4 Å². The van der Waals surface area contributed by atoms with Crippen molar-refractivity contribution in [2.75, 3.05) is 64.0 Å². The second-order valence-electron chi connectivity index (χ2n) is 7.67. The van der Waals surface area contributed by atoms with Crippen molar-refractivity contribution in [1.29, 1.82) is 0 Å². The first-order valence-electron chi connectivity index (χ1n) is 10.7. The molecular weight excluding hydrogens is 448 g/mol. The number of carbonyl (C=O) groups excluding carboxylic acids is 2. The van der Waals surface area contributed by atoms with E-state index in [1.54, 1.807) is 11.1 Å². The topological polar surface area (TPSA) is 109 Å². The summed E-state index contributed by atoms with van der Waals surface area (Å²) >= 11 is 0. The Bertz CT molecular complexity index is 1060. The van der Waals surface area contributed by atoms with Gasteiger partial charge in [-0.05, 0) is 36.4 Å². The molecule has 2 aromatic rings. The minimum absolute atomic E-state index is 0.0998. The summed E-state index contributed by atoms with van der Waals surface area (Å²) in [5, 5.41) is 0. The molecule has 0 aliphatic carbocycles. The third-order valence-electron chi connectivity index (χ3n) is 5.63. The van der Waals surface area contributed by atoms with Crippen molar-refractivity contribution < 1.29 is 27.5 Å². The Hall–Kier alpha value is -3.02. The summed E-state index contributed by atoms with van der Waals surface area (Å²) in [6.07, 6.45) is 1.73. The molecular formula is C22H26N4O6S. The number of aromatic nitrogens is 1. The maximum absolute atomic E-state index is 12.7. The van der Waals surface area contributed by atoms with E-state index < -0.39 is 16.0 Å². The summed E-state index contributed by atoms with van der Waals surface area (Å²) in [6, 6.07) is 11.2. The molecule has 0 unspecified atom stereocenters. The second-order valence-corrected chi connectivity index (χ2v) is 9.61. The first kappa shape index (κ1) is 23.1. The SMILES string of the molecule is O=C(OCC(=O)N1CCN(c2ccccn2)CC1)c1ccc(S(=O)(=O)N2CCOCC2)cc1. The van der Waals surface area contributed by atoms with Crippen molar-refractivity contribution in [2.45, 2.75) is 4.90 Å². The molecule has 1 aromatic heterocycles. The zero-order valence-corrected chi connectivity index (χ0v) is 18.9. The van der Waals surface area contributed by atoms with E-state index in [-0.39, 0.29) is 23.0 Å². The minimum atomic E-state index is -3.64. The van der Waals surface area contributed by atoms with Gasteiger partial charge in [-0.3, -0.25) is 4.79 Å². The zero-order valence-electron chi connectivity index (χ0n) is 18.1. The molecule has 176 valence electrons. The summed E-state index contributed by atoms with van der Waals surface area (Å²) in [7, 11) is -3.64. The summed E-state index contributed by atoms with van der Waals surface area (Å²) in [5.74, 6) is -0.0727. The lowest BCUT2D eigenvalue weighted by molar-refractivity contribution is -0.134. The van der Waals surface area contributed by atoms with Crippen LogP contribution in [0.5, 0.6) is 0 Å². The minimum Gasteiger partial charge on any atom is -0.452 e. The number of pyridine rings is 1. The number of piperazine rings is 1. The number of esters is 1. The number of sulfonamides is 1. The van der Waals surface area contributed by atoms with Crippen molar-refractivity contribution in [2.24, 2.45) is 0 Å². The van der Waals surface area contributed by atoms with Gasteiger partial charge in [0.2, 0.25) is 10.0 Å². The van der Waals surface area contributed by atoms with Crippen LogP contribution in [0.15, 0.2) is 53.6 Å². The molecule has 1 aromatic carbocycles. The maximum atomic E-state index is 12.7. The highest BCUT2D eigenvalue weighted by Gasteiger charge is 2.27. The lowest BCUT2D eigenvalue weighted by Gasteiger charge is -2.35. The normalized spacial score (nSPS) is 17.6. The molecule has 0 atom stereocenters. The van der Waals surface area contributed by atoms with Gasteiger partial charge in [0.15, 0.2) is 6.61 Å². The van der Waals surface area contributed by atoms with Crippen molar-refractivity contribution in [3.05, 3.63) is 54.2 Å². The lowest BCUT2D eigenvalue weighted by Crippen LogP contribution is -2.50. The van der Waals surface area contributed by atoms with Gasteiger partial charge in [-0.2, -0.15) is 4.31 Å². The number of hydrogen-bond acceptors (Lipinski definition) is 8. The predicted octanol–water partition coefficient (Wildman–Crippen LogP) is 0.608.